The minimum Gasteiger partial charge on any atom is -0.497 e. The number of nitrogens with one attached hydrogen (secondary N) is 1. The first kappa shape index (κ1) is 22.1. The van der Waals surface area contributed by atoms with E-state index in [9.17, 15) is 9.59 Å². The van der Waals surface area contributed by atoms with Crippen molar-refractivity contribution in [2.45, 2.75) is 20.8 Å². The highest BCUT2D eigenvalue weighted by molar-refractivity contribution is 5.99. The number of likely N-dealkylation sites (N-methyl/N-ethyl adjacent to an activating group) is 1. The largest absolute Gasteiger partial charge is 0.497 e. The maximum atomic E-state index is 12.9. The fraction of sp³-hybridized carbons (Fsp3) is 0.364. The van der Waals surface area contributed by atoms with Crippen LogP contribution in [0.5, 0.6) is 17.2 Å². The molecule has 7 heteroatoms. The summed E-state index contributed by atoms with van der Waals surface area (Å²) in [4.78, 5) is 26.8. The molecular weight excluding hydrogens is 372 g/mol. The van der Waals surface area contributed by atoms with Crippen molar-refractivity contribution in [3.8, 4) is 17.2 Å². The van der Waals surface area contributed by atoms with Gasteiger partial charge in [0.05, 0.1) is 20.3 Å². The van der Waals surface area contributed by atoms with Gasteiger partial charge in [-0.15, -0.1) is 0 Å². The van der Waals surface area contributed by atoms with E-state index in [-0.39, 0.29) is 18.4 Å². The molecule has 0 atom stereocenters. The monoisotopic (exact) mass is 400 g/mol. The zero-order valence-corrected chi connectivity index (χ0v) is 17.4. The maximum absolute atomic E-state index is 12.9. The van der Waals surface area contributed by atoms with Crippen LogP contribution in [0, 0.1) is 0 Å². The molecule has 7 nitrogen and oxygen atoms in total. The second kappa shape index (κ2) is 10.9. The van der Waals surface area contributed by atoms with Gasteiger partial charge < -0.3 is 24.4 Å². The van der Waals surface area contributed by atoms with Gasteiger partial charge >= 0.3 is 0 Å². The third kappa shape index (κ3) is 6.14. The highest BCUT2D eigenvalue weighted by atomic mass is 16.5. The van der Waals surface area contributed by atoms with Gasteiger partial charge in [-0.3, -0.25) is 9.59 Å². The minimum absolute atomic E-state index is 0.0658. The van der Waals surface area contributed by atoms with Gasteiger partial charge in [0.15, 0.2) is 11.5 Å². The molecule has 0 saturated heterocycles. The van der Waals surface area contributed by atoms with Crippen molar-refractivity contribution in [1.29, 1.82) is 0 Å². The van der Waals surface area contributed by atoms with Gasteiger partial charge in [0.25, 0.3) is 5.91 Å². The number of hydrogen-bond acceptors (Lipinski definition) is 5. The molecule has 0 bridgehead atoms. The molecule has 29 heavy (non-hydrogen) atoms. The number of ether oxygens (including phenoxy) is 3. The Kier molecular flexibility index (Phi) is 8.33. The molecule has 0 aliphatic heterocycles. The van der Waals surface area contributed by atoms with Crippen LogP contribution in [0.15, 0.2) is 42.5 Å². The van der Waals surface area contributed by atoms with Crippen molar-refractivity contribution in [1.82, 2.24) is 4.90 Å². The van der Waals surface area contributed by atoms with Crippen molar-refractivity contribution >= 4 is 17.5 Å². The normalized spacial score (nSPS) is 10.2. The summed E-state index contributed by atoms with van der Waals surface area (Å²) < 4.78 is 16.3. The number of benzene rings is 2. The zero-order valence-electron chi connectivity index (χ0n) is 17.4. The molecule has 0 aliphatic carbocycles. The van der Waals surface area contributed by atoms with E-state index in [4.69, 9.17) is 14.2 Å². The summed E-state index contributed by atoms with van der Waals surface area (Å²) in [6, 6.07) is 12.1. The van der Waals surface area contributed by atoms with Crippen LogP contribution in [-0.2, 0) is 4.79 Å². The smallest absolute Gasteiger partial charge is 0.254 e. The lowest BCUT2D eigenvalue weighted by Crippen LogP contribution is -2.37. The van der Waals surface area contributed by atoms with Crippen LogP contribution in [0.1, 0.15) is 31.1 Å². The van der Waals surface area contributed by atoms with Crippen molar-refractivity contribution in [3.05, 3.63) is 48.0 Å². The number of carbonyl (C=O) groups excluding carboxylic acids is 2. The lowest BCUT2D eigenvalue weighted by Gasteiger charge is -2.21. The first-order valence-electron chi connectivity index (χ1n) is 9.65. The van der Waals surface area contributed by atoms with E-state index in [0.717, 1.165) is 0 Å². The predicted molar refractivity (Wildman–Crippen MR) is 112 cm³/mol. The predicted octanol–water partition coefficient (Wildman–Crippen LogP) is 3.59. The van der Waals surface area contributed by atoms with E-state index in [1.54, 1.807) is 49.6 Å². The standard InChI is InChI=1S/C22H28N2O5/c1-5-24(15-21(25)23-17-9-8-10-18(14-17)27-4)22(26)16-11-12-19(28-6-2)20(13-16)29-7-3/h8-14H,5-7,15H2,1-4H3,(H,23,25). The van der Waals surface area contributed by atoms with Gasteiger partial charge in [0, 0.05) is 23.9 Å². The van der Waals surface area contributed by atoms with Crippen LogP contribution >= 0.6 is 0 Å². The number of carbonyl (C=O) groups is 2. The third-order valence-electron chi connectivity index (χ3n) is 4.15. The molecule has 1 N–H and O–H groups in total. The van der Waals surface area contributed by atoms with Gasteiger partial charge in [0.2, 0.25) is 5.91 Å². The Hall–Kier alpha value is -3.22. The molecule has 0 saturated carbocycles. The number of rotatable bonds is 10. The van der Waals surface area contributed by atoms with Gasteiger partial charge in [-0.05, 0) is 51.1 Å². The number of nitrogens with zero attached hydrogens (tertiary/aromatic N) is 1. The Morgan fingerprint density at radius 2 is 1.69 bits per heavy atom. The fourth-order valence-corrected chi connectivity index (χ4v) is 2.77. The third-order valence-corrected chi connectivity index (χ3v) is 4.15. The zero-order chi connectivity index (χ0) is 21.2. The van der Waals surface area contributed by atoms with E-state index in [2.05, 4.69) is 5.32 Å². The topological polar surface area (TPSA) is 77.1 Å². The van der Waals surface area contributed by atoms with Crippen LogP contribution in [0.4, 0.5) is 5.69 Å². The first-order valence-corrected chi connectivity index (χ1v) is 9.65. The molecule has 156 valence electrons. The van der Waals surface area contributed by atoms with Gasteiger partial charge in [-0.1, -0.05) is 6.07 Å². The van der Waals surface area contributed by atoms with Crippen molar-refractivity contribution in [3.63, 3.8) is 0 Å². The van der Waals surface area contributed by atoms with E-state index < -0.39 is 0 Å². The van der Waals surface area contributed by atoms with E-state index in [0.29, 0.717) is 48.3 Å². The Bertz CT molecular complexity index is 838. The van der Waals surface area contributed by atoms with Crippen LogP contribution in [0.25, 0.3) is 0 Å². The summed E-state index contributed by atoms with van der Waals surface area (Å²) in [5.41, 5.74) is 1.05. The average Bonchev–Trinajstić information content (AvgIpc) is 2.73. The molecule has 2 aromatic rings. The number of hydrogen-bond donors (Lipinski definition) is 1. The highest BCUT2D eigenvalue weighted by Crippen LogP contribution is 2.29. The van der Waals surface area contributed by atoms with E-state index in [1.165, 1.54) is 4.90 Å². The maximum Gasteiger partial charge on any atom is 0.254 e. The Balaban J connectivity index is 2.11. The summed E-state index contributed by atoms with van der Waals surface area (Å²) in [5, 5.41) is 2.79. The summed E-state index contributed by atoms with van der Waals surface area (Å²) >= 11 is 0. The summed E-state index contributed by atoms with van der Waals surface area (Å²) in [6.07, 6.45) is 0. The molecular formula is C22H28N2O5. The summed E-state index contributed by atoms with van der Waals surface area (Å²) in [6.45, 7) is 6.86. The minimum atomic E-state index is -0.288. The van der Waals surface area contributed by atoms with Crippen molar-refractivity contribution < 1.29 is 23.8 Å². The molecule has 2 amide bonds. The highest BCUT2D eigenvalue weighted by Gasteiger charge is 2.19. The SMILES string of the molecule is CCOc1ccc(C(=O)N(CC)CC(=O)Nc2cccc(OC)c2)cc1OCC. The molecule has 0 unspecified atom stereocenters. The Morgan fingerprint density at radius 3 is 2.34 bits per heavy atom. The lowest BCUT2D eigenvalue weighted by molar-refractivity contribution is -0.116. The molecule has 0 spiro atoms. The molecule has 2 aromatic carbocycles. The molecule has 0 heterocycles. The van der Waals surface area contributed by atoms with E-state index in [1.807, 2.05) is 20.8 Å². The molecule has 0 aromatic heterocycles. The number of methoxy groups -OCH3 is 1. The molecule has 0 fully saturated rings. The average molecular weight is 400 g/mol. The second-order valence-electron chi connectivity index (χ2n) is 6.13. The van der Waals surface area contributed by atoms with Crippen molar-refractivity contribution in [2.75, 3.05) is 38.7 Å². The molecule has 0 radical (unpaired) electrons. The molecule has 0 aliphatic rings. The lowest BCUT2D eigenvalue weighted by atomic mass is 10.1. The van der Waals surface area contributed by atoms with E-state index >= 15 is 0 Å². The fourth-order valence-electron chi connectivity index (χ4n) is 2.77. The van der Waals surface area contributed by atoms with Crippen LogP contribution < -0.4 is 19.5 Å². The molecule has 2 rings (SSSR count). The van der Waals surface area contributed by atoms with Crippen molar-refractivity contribution in [2.24, 2.45) is 0 Å². The number of anilines is 1. The second-order valence-corrected chi connectivity index (χ2v) is 6.13. The quantitative estimate of drug-likeness (QED) is 0.659. The first-order chi connectivity index (χ1) is 14.0. The van der Waals surface area contributed by atoms with Gasteiger partial charge in [0.1, 0.15) is 12.3 Å². The van der Waals surface area contributed by atoms with Crippen LogP contribution in [0.2, 0.25) is 0 Å². The summed E-state index contributed by atoms with van der Waals surface area (Å²) in [7, 11) is 1.56. The van der Waals surface area contributed by atoms with Gasteiger partial charge in [-0.2, -0.15) is 0 Å². The summed E-state index contributed by atoms with van der Waals surface area (Å²) in [5.74, 6) is 1.20. The van der Waals surface area contributed by atoms with Gasteiger partial charge in [-0.25, -0.2) is 0 Å². The van der Waals surface area contributed by atoms with Crippen LogP contribution in [-0.4, -0.2) is 50.1 Å². The Morgan fingerprint density at radius 1 is 0.966 bits per heavy atom. The van der Waals surface area contributed by atoms with Crippen LogP contribution in [0.3, 0.4) is 0 Å². The Labute approximate surface area is 171 Å². The number of amides is 2.